The van der Waals surface area contributed by atoms with Gasteiger partial charge in [0.2, 0.25) is 0 Å². The molecule has 0 aromatic carbocycles. The van der Waals surface area contributed by atoms with Crippen molar-refractivity contribution >= 4 is 0 Å². The molecule has 90 valence electrons. The summed E-state index contributed by atoms with van der Waals surface area (Å²) in [5, 5.41) is 9.58. The van der Waals surface area contributed by atoms with Crippen molar-refractivity contribution in [1.82, 2.24) is 0 Å². The molecule has 2 fully saturated rings. The fraction of sp³-hybridized carbons (Fsp3) is 0.867. The average molecular weight is 220 g/mol. The van der Waals surface area contributed by atoms with Crippen molar-refractivity contribution in [3.05, 3.63) is 11.1 Å². The molecule has 3 aliphatic rings. The maximum absolute atomic E-state index is 9.58. The third-order valence-corrected chi connectivity index (χ3v) is 5.90. The third-order valence-electron chi connectivity index (χ3n) is 5.90. The van der Waals surface area contributed by atoms with E-state index in [4.69, 9.17) is 0 Å². The van der Waals surface area contributed by atoms with E-state index < -0.39 is 0 Å². The van der Waals surface area contributed by atoms with Crippen LogP contribution < -0.4 is 0 Å². The van der Waals surface area contributed by atoms with Crippen molar-refractivity contribution in [1.29, 1.82) is 0 Å². The van der Waals surface area contributed by atoms with Gasteiger partial charge in [0.05, 0.1) is 0 Å². The van der Waals surface area contributed by atoms with Crippen molar-refractivity contribution in [2.45, 2.75) is 52.9 Å². The van der Waals surface area contributed by atoms with Crippen LogP contribution in [-0.2, 0) is 0 Å². The lowest BCUT2D eigenvalue weighted by Gasteiger charge is -2.53. The maximum atomic E-state index is 9.58. The van der Waals surface area contributed by atoms with Crippen LogP contribution in [0.3, 0.4) is 0 Å². The number of aliphatic hydroxyl groups excluding tert-OH is 1. The third kappa shape index (κ3) is 1.21. The quantitative estimate of drug-likeness (QED) is 0.670. The predicted molar refractivity (Wildman–Crippen MR) is 66.1 cm³/mol. The van der Waals surface area contributed by atoms with E-state index in [0.717, 1.165) is 11.8 Å². The lowest BCUT2D eigenvalue weighted by Crippen LogP contribution is -2.43. The molecule has 0 aromatic rings. The average Bonchev–Trinajstić information content (AvgIpc) is 2.53. The summed E-state index contributed by atoms with van der Waals surface area (Å²) in [7, 11) is 0. The molecule has 0 heterocycles. The first-order valence-corrected chi connectivity index (χ1v) is 6.78. The van der Waals surface area contributed by atoms with Gasteiger partial charge in [-0.1, -0.05) is 25.0 Å². The first-order chi connectivity index (χ1) is 7.48. The second kappa shape index (κ2) is 3.13. The Morgan fingerprint density at radius 2 is 2.06 bits per heavy atom. The van der Waals surface area contributed by atoms with Crippen LogP contribution in [0.4, 0.5) is 0 Å². The Hall–Kier alpha value is -0.300. The molecule has 0 unspecified atom stereocenters. The van der Waals surface area contributed by atoms with Crippen molar-refractivity contribution in [3.63, 3.8) is 0 Å². The summed E-state index contributed by atoms with van der Waals surface area (Å²) in [5.41, 5.74) is 4.18. The van der Waals surface area contributed by atoms with Crippen LogP contribution >= 0.6 is 0 Å². The Kier molecular flexibility index (Phi) is 2.12. The van der Waals surface area contributed by atoms with Gasteiger partial charge < -0.3 is 5.11 Å². The molecule has 2 saturated carbocycles. The summed E-state index contributed by atoms with van der Waals surface area (Å²) in [5.74, 6) is 1.71. The lowest BCUT2D eigenvalue weighted by molar-refractivity contribution is 0.0873. The SMILES string of the molecule is CC1=C2CC[C@]2(C)[C@H]2C[C@@](C)(CO)C[C@H]2C1. The van der Waals surface area contributed by atoms with E-state index >= 15 is 0 Å². The van der Waals surface area contributed by atoms with Gasteiger partial charge in [-0.25, -0.2) is 0 Å². The van der Waals surface area contributed by atoms with Gasteiger partial charge in [-0.15, -0.1) is 0 Å². The predicted octanol–water partition coefficient (Wildman–Crippen LogP) is 3.53. The molecule has 3 rings (SSSR count). The summed E-state index contributed by atoms with van der Waals surface area (Å²) in [6, 6.07) is 0. The Morgan fingerprint density at radius 1 is 1.31 bits per heavy atom. The van der Waals surface area contributed by atoms with Gasteiger partial charge in [0.15, 0.2) is 0 Å². The van der Waals surface area contributed by atoms with E-state index in [1.165, 1.54) is 32.1 Å². The monoisotopic (exact) mass is 220 g/mol. The first-order valence-electron chi connectivity index (χ1n) is 6.78. The second-order valence-corrected chi connectivity index (χ2v) is 7.12. The van der Waals surface area contributed by atoms with Crippen molar-refractivity contribution < 1.29 is 5.11 Å². The van der Waals surface area contributed by atoms with Gasteiger partial charge >= 0.3 is 0 Å². The number of rotatable bonds is 1. The molecule has 1 N–H and O–H groups in total. The van der Waals surface area contributed by atoms with Crippen molar-refractivity contribution in [2.75, 3.05) is 6.61 Å². The lowest BCUT2D eigenvalue weighted by atomic mass is 9.51. The highest BCUT2D eigenvalue weighted by Gasteiger charge is 2.56. The van der Waals surface area contributed by atoms with Crippen LogP contribution in [0.25, 0.3) is 0 Å². The minimum Gasteiger partial charge on any atom is -0.396 e. The molecular weight excluding hydrogens is 196 g/mol. The molecule has 1 nitrogen and oxygen atoms in total. The Morgan fingerprint density at radius 3 is 2.62 bits per heavy atom. The standard InChI is InChI=1S/C15H24O/c1-10-6-11-7-14(2,9-16)8-13(11)15(3)5-4-12(10)15/h11,13,16H,4-9H2,1-3H3/t11-,13+,14+,15+/m1/s1. The first kappa shape index (κ1) is 10.8. The van der Waals surface area contributed by atoms with Gasteiger partial charge in [0, 0.05) is 6.61 Å². The largest absolute Gasteiger partial charge is 0.396 e. The maximum Gasteiger partial charge on any atom is 0.0484 e. The highest BCUT2D eigenvalue weighted by Crippen LogP contribution is 2.66. The van der Waals surface area contributed by atoms with Crippen molar-refractivity contribution in [3.8, 4) is 0 Å². The summed E-state index contributed by atoms with van der Waals surface area (Å²) in [6.07, 6.45) is 6.55. The van der Waals surface area contributed by atoms with Crippen LogP contribution in [-0.4, -0.2) is 11.7 Å². The van der Waals surface area contributed by atoms with E-state index in [1.54, 1.807) is 11.1 Å². The molecule has 4 atom stereocenters. The van der Waals surface area contributed by atoms with E-state index in [9.17, 15) is 5.11 Å². The summed E-state index contributed by atoms with van der Waals surface area (Å²) >= 11 is 0. The molecule has 0 bridgehead atoms. The molecule has 0 spiro atoms. The summed E-state index contributed by atoms with van der Waals surface area (Å²) in [4.78, 5) is 0. The van der Waals surface area contributed by atoms with Gasteiger partial charge in [-0.2, -0.15) is 0 Å². The van der Waals surface area contributed by atoms with E-state index in [1.807, 2.05) is 0 Å². The highest BCUT2D eigenvalue weighted by molar-refractivity contribution is 5.33. The molecule has 0 radical (unpaired) electrons. The number of hydrogen-bond donors (Lipinski definition) is 1. The topological polar surface area (TPSA) is 20.2 Å². The number of allylic oxidation sites excluding steroid dienone is 2. The zero-order valence-corrected chi connectivity index (χ0v) is 10.8. The Balaban J connectivity index is 1.93. The van der Waals surface area contributed by atoms with Crippen LogP contribution in [0.15, 0.2) is 11.1 Å². The fourth-order valence-corrected chi connectivity index (χ4v) is 4.92. The number of aliphatic hydroxyl groups is 1. The van der Waals surface area contributed by atoms with Crippen LogP contribution in [0.2, 0.25) is 0 Å². The normalized spacial score (nSPS) is 51.0. The van der Waals surface area contributed by atoms with E-state index in [2.05, 4.69) is 20.8 Å². The molecule has 0 aromatic heterocycles. The van der Waals surface area contributed by atoms with Gasteiger partial charge in [0.25, 0.3) is 0 Å². The number of hydrogen-bond acceptors (Lipinski definition) is 1. The smallest absolute Gasteiger partial charge is 0.0484 e. The second-order valence-electron chi connectivity index (χ2n) is 7.12. The van der Waals surface area contributed by atoms with Gasteiger partial charge in [-0.3, -0.25) is 0 Å². The Labute approximate surface area is 98.9 Å². The fourth-order valence-electron chi connectivity index (χ4n) is 4.92. The highest BCUT2D eigenvalue weighted by atomic mass is 16.3. The minimum atomic E-state index is 0.212. The molecule has 3 aliphatic carbocycles. The van der Waals surface area contributed by atoms with Crippen molar-refractivity contribution in [2.24, 2.45) is 22.7 Å². The van der Waals surface area contributed by atoms with Crippen LogP contribution in [0.5, 0.6) is 0 Å². The summed E-state index contributed by atoms with van der Waals surface area (Å²) in [6.45, 7) is 7.49. The molecule has 0 aliphatic heterocycles. The minimum absolute atomic E-state index is 0.212. The number of fused-ring (bicyclic) bond motifs is 3. The van der Waals surface area contributed by atoms with Gasteiger partial charge in [0.1, 0.15) is 0 Å². The van der Waals surface area contributed by atoms with Crippen LogP contribution in [0, 0.1) is 22.7 Å². The molecule has 0 amide bonds. The van der Waals surface area contributed by atoms with Crippen LogP contribution in [0.1, 0.15) is 52.9 Å². The van der Waals surface area contributed by atoms with E-state index in [-0.39, 0.29) is 5.41 Å². The molecule has 16 heavy (non-hydrogen) atoms. The zero-order valence-electron chi connectivity index (χ0n) is 10.8. The molecule has 1 heteroatoms. The Bertz CT molecular complexity index is 356. The van der Waals surface area contributed by atoms with Gasteiger partial charge in [-0.05, 0) is 61.7 Å². The molecular formula is C15H24O. The zero-order chi connectivity index (χ0) is 11.6. The molecule has 0 saturated heterocycles. The summed E-state index contributed by atoms with van der Waals surface area (Å²) < 4.78 is 0. The van der Waals surface area contributed by atoms with E-state index in [0.29, 0.717) is 12.0 Å².